The van der Waals surface area contributed by atoms with Crippen molar-refractivity contribution < 1.29 is 28.6 Å². The number of hydrogen-bond donors (Lipinski definition) is 0. The fourth-order valence-electron chi connectivity index (χ4n) is 6.42. The van der Waals surface area contributed by atoms with E-state index in [0.717, 1.165) is 161 Å². The van der Waals surface area contributed by atoms with Crippen LogP contribution in [0.25, 0.3) is 0 Å². The third kappa shape index (κ3) is 49.0. The fraction of sp³-hybridized carbons (Fsp3) is 0.632. The summed E-state index contributed by atoms with van der Waals surface area (Å²) in [5.41, 5.74) is 0. The highest BCUT2D eigenvalue weighted by atomic mass is 16.6. The molecule has 6 heteroatoms. The molecule has 356 valence electrons. The Morgan fingerprint density at radius 2 is 0.619 bits per heavy atom. The lowest BCUT2D eigenvalue weighted by atomic mass is 10.1. The number of carbonyl (C=O) groups excluding carboxylic acids is 3. The minimum atomic E-state index is -0.806. The van der Waals surface area contributed by atoms with Crippen molar-refractivity contribution >= 4 is 17.9 Å². The minimum absolute atomic E-state index is 0.104. The Hall–Kier alpha value is -3.93. The van der Waals surface area contributed by atoms with Gasteiger partial charge in [0.05, 0.1) is 0 Å². The Bertz CT molecular complexity index is 1330. The maximum atomic E-state index is 12.8. The maximum Gasteiger partial charge on any atom is 0.306 e. The van der Waals surface area contributed by atoms with Crippen LogP contribution in [0, 0.1) is 0 Å². The lowest BCUT2D eigenvalue weighted by molar-refractivity contribution is -0.167. The van der Waals surface area contributed by atoms with E-state index >= 15 is 0 Å². The minimum Gasteiger partial charge on any atom is -0.462 e. The van der Waals surface area contributed by atoms with Gasteiger partial charge in [0.2, 0.25) is 0 Å². The Morgan fingerprint density at radius 3 is 0.984 bits per heavy atom. The van der Waals surface area contributed by atoms with Crippen LogP contribution in [0.15, 0.2) is 109 Å². The maximum absolute atomic E-state index is 12.8. The van der Waals surface area contributed by atoms with Crippen molar-refractivity contribution in [3.63, 3.8) is 0 Å². The average molecular weight is 873 g/mol. The zero-order chi connectivity index (χ0) is 45.8. The van der Waals surface area contributed by atoms with Gasteiger partial charge in [-0.2, -0.15) is 0 Å². The van der Waals surface area contributed by atoms with E-state index in [1.807, 2.05) is 0 Å². The molecule has 0 aliphatic heterocycles. The number of rotatable bonds is 44. The van der Waals surface area contributed by atoms with Crippen LogP contribution in [0.4, 0.5) is 0 Å². The van der Waals surface area contributed by atoms with Gasteiger partial charge in [-0.3, -0.25) is 14.4 Å². The van der Waals surface area contributed by atoms with E-state index in [9.17, 15) is 14.4 Å². The molecule has 0 saturated carbocycles. The Morgan fingerprint density at radius 1 is 0.333 bits per heavy atom. The van der Waals surface area contributed by atoms with Crippen molar-refractivity contribution in [2.75, 3.05) is 13.2 Å². The molecule has 0 aromatic heterocycles. The molecule has 0 rings (SSSR count). The van der Waals surface area contributed by atoms with Crippen molar-refractivity contribution in [1.29, 1.82) is 0 Å². The van der Waals surface area contributed by atoms with E-state index in [1.54, 1.807) is 0 Å². The lowest BCUT2D eigenvalue weighted by Crippen LogP contribution is -2.30. The molecule has 0 saturated heterocycles. The van der Waals surface area contributed by atoms with Crippen molar-refractivity contribution in [3.8, 4) is 0 Å². The van der Waals surface area contributed by atoms with E-state index in [-0.39, 0.29) is 31.1 Å². The monoisotopic (exact) mass is 873 g/mol. The molecule has 0 heterocycles. The first kappa shape index (κ1) is 59.1. The van der Waals surface area contributed by atoms with Gasteiger partial charge in [0.25, 0.3) is 0 Å². The van der Waals surface area contributed by atoms with Gasteiger partial charge in [0, 0.05) is 19.3 Å². The smallest absolute Gasteiger partial charge is 0.306 e. The van der Waals surface area contributed by atoms with Crippen molar-refractivity contribution in [2.45, 2.75) is 219 Å². The van der Waals surface area contributed by atoms with Crippen LogP contribution in [0.1, 0.15) is 213 Å². The first-order valence-corrected chi connectivity index (χ1v) is 25.4. The van der Waals surface area contributed by atoms with Gasteiger partial charge in [-0.1, -0.05) is 188 Å². The van der Waals surface area contributed by atoms with Crippen LogP contribution in [0.2, 0.25) is 0 Å². The first-order chi connectivity index (χ1) is 31.0. The second-order valence-electron chi connectivity index (χ2n) is 16.3. The topological polar surface area (TPSA) is 78.9 Å². The van der Waals surface area contributed by atoms with Gasteiger partial charge >= 0.3 is 17.9 Å². The molecule has 0 radical (unpaired) electrons. The van der Waals surface area contributed by atoms with Crippen LogP contribution in [-0.2, 0) is 28.6 Å². The third-order valence-corrected chi connectivity index (χ3v) is 10.2. The molecule has 63 heavy (non-hydrogen) atoms. The Kier molecular flexibility index (Phi) is 47.5. The number of ether oxygens (including phenoxy) is 3. The van der Waals surface area contributed by atoms with E-state index in [0.29, 0.717) is 19.3 Å². The summed E-state index contributed by atoms with van der Waals surface area (Å²) in [6, 6.07) is 0. The molecule has 0 fully saturated rings. The summed E-state index contributed by atoms with van der Waals surface area (Å²) in [6.45, 7) is 6.32. The van der Waals surface area contributed by atoms with Crippen LogP contribution >= 0.6 is 0 Å². The van der Waals surface area contributed by atoms with E-state index in [2.05, 4.69) is 130 Å². The van der Waals surface area contributed by atoms with Gasteiger partial charge in [-0.05, 0) is 116 Å². The van der Waals surface area contributed by atoms with E-state index in [4.69, 9.17) is 14.2 Å². The highest BCUT2D eigenvalue weighted by Crippen LogP contribution is 2.12. The predicted octanol–water partition coefficient (Wildman–Crippen LogP) is 16.8. The number of unbranched alkanes of at least 4 members (excludes halogenated alkanes) is 15. The van der Waals surface area contributed by atoms with Crippen molar-refractivity contribution in [2.24, 2.45) is 0 Å². The highest BCUT2D eigenvalue weighted by molar-refractivity contribution is 5.71. The van der Waals surface area contributed by atoms with Gasteiger partial charge in [0.1, 0.15) is 13.2 Å². The molecule has 6 nitrogen and oxygen atoms in total. The Labute approximate surface area is 387 Å². The number of esters is 3. The molecule has 0 amide bonds. The summed E-state index contributed by atoms with van der Waals surface area (Å²) in [6.07, 6.45) is 67.8. The quantitative estimate of drug-likeness (QED) is 0.0263. The van der Waals surface area contributed by atoms with Crippen LogP contribution in [0.5, 0.6) is 0 Å². The van der Waals surface area contributed by atoms with Crippen LogP contribution in [-0.4, -0.2) is 37.2 Å². The van der Waals surface area contributed by atoms with Crippen LogP contribution < -0.4 is 0 Å². The molecule has 0 aromatic carbocycles. The molecule has 1 unspecified atom stereocenters. The van der Waals surface area contributed by atoms with E-state index < -0.39 is 6.10 Å². The molecular weight excluding hydrogens is 781 g/mol. The average Bonchev–Trinajstić information content (AvgIpc) is 3.28. The summed E-state index contributed by atoms with van der Waals surface area (Å²) >= 11 is 0. The lowest BCUT2D eigenvalue weighted by Gasteiger charge is -2.18. The molecule has 0 aliphatic carbocycles. The normalized spacial score (nSPS) is 13.0. The van der Waals surface area contributed by atoms with Crippen molar-refractivity contribution in [3.05, 3.63) is 109 Å². The second-order valence-corrected chi connectivity index (χ2v) is 16.3. The first-order valence-electron chi connectivity index (χ1n) is 25.4. The summed E-state index contributed by atoms with van der Waals surface area (Å²) in [4.78, 5) is 37.9. The molecule has 0 aliphatic rings. The van der Waals surface area contributed by atoms with Gasteiger partial charge in [0.15, 0.2) is 6.10 Å². The highest BCUT2D eigenvalue weighted by Gasteiger charge is 2.19. The zero-order valence-corrected chi connectivity index (χ0v) is 40.5. The Balaban J connectivity index is 4.48. The molecule has 0 spiro atoms. The van der Waals surface area contributed by atoms with Gasteiger partial charge in [-0.15, -0.1) is 0 Å². The van der Waals surface area contributed by atoms with Crippen molar-refractivity contribution in [1.82, 2.24) is 0 Å². The van der Waals surface area contributed by atoms with Gasteiger partial charge in [-0.25, -0.2) is 0 Å². The summed E-state index contributed by atoms with van der Waals surface area (Å²) < 4.78 is 16.7. The standard InChI is InChI=1S/C57H92O6/c1-4-7-10-13-16-19-22-25-26-27-28-29-30-33-35-38-41-44-47-50-56(59)62-53-54(63-57(60)51-48-45-42-39-36-32-24-21-18-15-12-9-6-3)52-61-55(58)49-46-43-40-37-34-31-23-20-17-14-11-8-5-2/h7,10-12,14-16,19-21,23-26,28-29,33,35,54H,4-6,8-9,13,17-18,22,27,30-32,34,36-53H2,1-3H3/b10-7-,14-11-,15-12-,19-16-,23-20-,24-21-,26-25-,29-28-,35-33-. The molecule has 0 bridgehead atoms. The molecular formula is C57H92O6. The van der Waals surface area contributed by atoms with Crippen LogP contribution in [0.3, 0.4) is 0 Å². The number of carbonyl (C=O) groups is 3. The SMILES string of the molecule is CC/C=C\C/C=C\C/C=C\C/C=C\C/C=C\CCCCCC(=O)OCC(COC(=O)CCCCCCC/C=C\C/C=C\CCC)OC(=O)CCCCCCC/C=C\C/C=C\CCC. The fourth-order valence-corrected chi connectivity index (χ4v) is 6.42. The number of hydrogen-bond acceptors (Lipinski definition) is 6. The largest absolute Gasteiger partial charge is 0.462 e. The summed E-state index contributed by atoms with van der Waals surface area (Å²) in [5, 5.41) is 0. The zero-order valence-electron chi connectivity index (χ0n) is 40.5. The number of allylic oxidation sites excluding steroid dienone is 18. The second kappa shape index (κ2) is 50.7. The molecule has 1 atom stereocenters. The summed E-state index contributed by atoms with van der Waals surface area (Å²) in [7, 11) is 0. The molecule has 0 aromatic rings. The third-order valence-electron chi connectivity index (χ3n) is 10.2. The van der Waals surface area contributed by atoms with Gasteiger partial charge < -0.3 is 14.2 Å². The predicted molar refractivity (Wildman–Crippen MR) is 270 cm³/mol. The van der Waals surface area contributed by atoms with E-state index in [1.165, 1.54) is 12.8 Å². The summed E-state index contributed by atoms with van der Waals surface area (Å²) in [5.74, 6) is -0.972. The molecule has 0 N–H and O–H groups in total.